The predicted molar refractivity (Wildman–Crippen MR) is 72.6 cm³/mol. The van der Waals surface area contributed by atoms with Gasteiger partial charge in [-0.3, -0.25) is 4.79 Å². The van der Waals surface area contributed by atoms with Gasteiger partial charge in [-0.15, -0.1) is 0 Å². The van der Waals surface area contributed by atoms with Gasteiger partial charge in [-0.2, -0.15) is 0 Å². The summed E-state index contributed by atoms with van der Waals surface area (Å²) in [6, 6.07) is 5.35. The first-order chi connectivity index (χ1) is 7.99. The molecule has 0 heterocycles. The Kier molecular flexibility index (Phi) is 5.79. The van der Waals surface area contributed by atoms with E-state index < -0.39 is 0 Å². The molecule has 0 radical (unpaired) electrons. The standard InChI is InChI=1S/C13H17Cl2NO/c1-9(2)8-16-13(17)6-4-10-3-5-11(14)7-12(10)15/h3,5,7,9H,4,6,8H2,1-2H3,(H,16,17). The minimum atomic E-state index is 0.0599. The fourth-order valence-electron chi connectivity index (χ4n) is 1.38. The van der Waals surface area contributed by atoms with Gasteiger partial charge in [-0.05, 0) is 30.0 Å². The lowest BCUT2D eigenvalue weighted by atomic mass is 10.1. The van der Waals surface area contributed by atoms with Crippen molar-refractivity contribution >= 4 is 29.1 Å². The number of hydrogen-bond donors (Lipinski definition) is 1. The molecule has 94 valence electrons. The quantitative estimate of drug-likeness (QED) is 0.871. The van der Waals surface area contributed by atoms with Crippen LogP contribution in [0.2, 0.25) is 10.0 Å². The zero-order valence-corrected chi connectivity index (χ0v) is 11.6. The third-order valence-electron chi connectivity index (χ3n) is 2.34. The van der Waals surface area contributed by atoms with Crippen molar-refractivity contribution in [1.29, 1.82) is 0 Å². The molecule has 1 amide bonds. The number of carbonyl (C=O) groups is 1. The first-order valence-electron chi connectivity index (χ1n) is 5.69. The van der Waals surface area contributed by atoms with Gasteiger partial charge >= 0.3 is 0 Å². The van der Waals surface area contributed by atoms with Crippen LogP contribution >= 0.6 is 23.2 Å². The number of amides is 1. The van der Waals surface area contributed by atoms with Crippen molar-refractivity contribution in [2.75, 3.05) is 6.54 Å². The Morgan fingerprint density at radius 3 is 2.65 bits per heavy atom. The van der Waals surface area contributed by atoms with Crippen LogP contribution in [0.1, 0.15) is 25.8 Å². The second kappa shape index (κ2) is 6.87. The van der Waals surface area contributed by atoms with Crippen molar-refractivity contribution in [3.05, 3.63) is 33.8 Å². The van der Waals surface area contributed by atoms with Crippen LogP contribution in [-0.4, -0.2) is 12.5 Å². The Balaban J connectivity index is 2.42. The largest absolute Gasteiger partial charge is 0.356 e. The van der Waals surface area contributed by atoms with Gasteiger partial charge in [0.1, 0.15) is 0 Å². The van der Waals surface area contributed by atoms with Crippen molar-refractivity contribution in [1.82, 2.24) is 5.32 Å². The summed E-state index contributed by atoms with van der Waals surface area (Å²) in [7, 11) is 0. The van der Waals surface area contributed by atoms with E-state index in [0.29, 0.717) is 35.3 Å². The van der Waals surface area contributed by atoms with E-state index in [0.717, 1.165) is 5.56 Å². The third kappa shape index (κ3) is 5.42. The van der Waals surface area contributed by atoms with E-state index in [-0.39, 0.29) is 5.91 Å². The Morgan fingerprint density at radius 2 is 2.06 bits per heavy atom. The molecule has 0 unspecified atom stereocenters. The van der Waals surface area contributed by atoms with Gasteiger partial charge in [0.2, 0.25) is 5.91 Å². The summed E-state index contributed by atoms with van der Waals surface area (Å²) in [6.07, 6.45) is 1.09. The molecule has 0 fully saturated rings. The highest BCUT2D eigenvalue weighted by Crippen LogP contribution is 2.21. The zero-order valence-electron chi connectivity index (χ0n) is 10.1. The van der Waals surface area contributed by atoms with Gasteiger partial charge in [0, 0.05) is 23.0 Å². The molecule has 0 aliphatic carbocycles. The van der Waals surface area contributed by atoms with Crippen molar-refractivity contribution < 1.29 is 4.79 Å². The van der Waals surface area contributed by atoms with Crippen LogP contribution in [0.5, 0.6) is 0 Å². The molecule has 0 aromatic heterocycles. The Hall–Kier alpha value is -0.730. The zero-order chi connectivity index (χ0) is 12.8. The van der Waals surface area contributed by atoms with Gasteiger partial charge in [-0.1, -0.05) is 43.1 Å². The number of halogens is 2. The van der Waals surface area contributed by atoms with Crippen molar-refractivity contribution in [2.45, 2.75) is 26.7 Å². The van der Waals surface area contributed by atoms with Crippen LogP contribution in [0.15, 0.2) is 18.2 Å². The van der Waals surface area contributed by atoms with Gasteiger partial charge in [0.05, 0.1) is 0 Å². The topological polar surface area (TPSA) is 29.1 Å². The summed E-state index contributed by atoms with van der Waals surface area (Å²) >= 11 is 11.8. The van der Waals surface area contributed by atoms with Crippen LogP contribution in [0.4, 0.5) is 0 Å². The molecule has 4 heteroatoms. The fraction of sp³-hybridized carbons (Fsp3) is 0.462. The summed E-state index contributed by atoms with van der Waals surface area (Å²) in [6.45, 7) is 4.85. The van der Waals surface area contributed by atoms with E-state index in [1.807, 2.05) is 6.07 Å². The normalized spacial score (nSPS) is 10.6. The smallest absolute Gasteiger partial charge is 0.220 e. The maximum absolute atomic E-state index is 11.5. The molecule has 0 saturated carbocycles. The van der Waals surface area contributed by atoms with Crippen LogP contribution in [0.3, 0.4) is 0 Å². The van der Waals surface area contributed by atoms with Crippen molar-refractivity contribution in [2.24, 2.45) is 5.92 Å². The van der Waals surface area contributed by atoms with Gasteiger partial charge < -0.3 is 5.32 Å². The lowest BCUT2D eigenvalue weighted by Gasteiger charge is -2.08. The number of hydrogen-bond acceptors (Lipinski definition) is 1. The third-order valence-corrected chi connectivity index (χ3v) is 2.93. The van der Waals surface area contributed by atoms with E-state index in [9.17, 15) is 4.79 Å². The molecule has 0 saturated heterocycles. The minimum Gasteiger partial charge on any atom is -0.356 e. The van der Waals surface area contributed by atoms with Crippen molar-refractivity contribution in [3.8, 4) is 0 Å². The van der Waals surface area contributed by atoms with E-state index in [1.54, 1.807) is 12.1 Å². The molecule has 0 aliphatic rings. The maximum Gasteiger partial charge on any atom is 0.220 e. The van der Waals surface area contributed by atoms with Gasteiger partial charge in [0.25, 0.3) is 0 Å². The van der Waals surface area contributed by atoms with Crippen LogP contribution in [0.25, 0.3) is 0 Å². The SMILES string of the molecule is CC(C)CNC(=O)CCc1ccc(Cl)cc1Cl. The molecule has 1 aromatic carbocycles. The first-order valence-corrected chi connectivity index (χ1v) is 6.45. The number of rotatable bonds is 5. The summed E-state index contributed by atoms with van der Waals surface area (Å²) in [4.78, 5) is 11.5. The summed E-state index contributed by atoms with van der Waals surface area (Å²) in [5.41, 5.74) is 0.954. The maximum atomic E-state index is 11.5. The van der Waals surface area contributed by atoms with Gasteiger partial charge in [0.15, 0.2) is 0 Å². The Bertz CT molecular complexity index is 391. The molecule has 0 spiro atoms. The highest BCUT2D eigenvalue weighted by atomic mass is 35.5. The van der Waals surface area contributed by atoms with Crippen molar-refractivity contribution in [3.63, 3.8) is 0 Å². The molecule has 1 rings (SSSR count). The summed E-state index contributed by atoms with van der Waals surface area (Å²) in [5, 5.41) is 4.11. The lowest BCUT2D eigenvalue weighted by molar-refractivity contribution is -0.121. The predicted octanol–water partition coefficient (Wildman–Crippen LogP) is 3.70. The van der Waals surface area contributed by atoms with E-state index in [2.05, 4.69) is 19.2 Å². The average molecular weight is 274 g/mol. The molecular formula is C13H17Cl2NO. The number of aryl methyl sites for hydroxylation is 1. The summed E-state index contributed by atoms with van der Waals surface area (Å²) < 4.78 is 0. The minimum absolute atomic E-state index is 0.0599. The fourth-order valence-corrected chi connectivity index (χ4v) is 1.88. The van der Waals surface area contributed by atoms with E-state index in [4.69, 9.17) is 23.2 Å². The van der Waals surface area contributed by atoms with E-state index >= 15 is 0 Å². The van der Waals surface area contributed by atoms with Crippen LogP contribution in [-0.2, 0) is 11.2 Å². The number of carbonyl (C=O) groups excluding carboxylic acids is 1. The molecule has 2 nitrogen and oxygen atoms in total. The lowest BCUT2D eigenvalue weighted by Crippen LogP contribution is -2.27. The molecule has 17 heavy (non-hydrogen) atoms. The molecule has 0 bridgehead atoms. The second-order valence-corrected chi connectivity index (χ2v) is 5.28. The first kappa shape index (κ1) is 14.3. The molecule has 0 aliphatic heterocycles. The Labute approximate surface area is 112 Å². The Morgan fingerprint density at radius 1 is 1.35 bits per heavy atom. The second-order valence-electron chi connectivity index (χ2n) is 4.43. The highest BCUT2D eigenvalue weighted by molar-refractivity contribution is 6.35. The molecular weight excluding hydrogens is 257 g/mol. The molecule has 0 atom stereocenters. The van der Waals surface area contributed by atoms with E-state index in [1.165, 1.54) is 0 Å². The molecule has 1 aromatic rings. The molecule has 1 N–H and O–H groups in total. The monoisotopic (exact) mass is 273 g/mol. The number of nitrogens with one attached hydrogen (secondary N) is 1. The van der Waals surface area contributed by atoms with Crippen LogP contribution < -0.4 is 5.32 Å². The van der Waals surface area contributed by atoms with Crippen LogP contribution in [0, 0.1) is 5.92 Å². The summed E-state index contributed by atoms with van der Waals surface area (Å²) in [5.74, 6) is 0.530. The van der Waals surface area contributed by atoms with Gasteiger partial charge in [-0.25, -0.2) is 0 Å². The number of benzene rings is 1. The average Bonchev–Trinajstić information content (AvgIpc) is 2.25. The highest BCUT2D eigenvalue weighted by Gasteiger charge is 2.06.